The van der Waals surface area contributed by atoms with Gasteiger partial charge in [0, 0.05) is 6.61 Å². The SMILES string of the molecule is C[C@@H]1CO[C@H]2C[C@@H](C(F)(F)F)C[C@@H](CN)[C@@H]12. The maximum atomic E-state index is 12.7. The van der Waals surface area contributed by atoms with Crippen LogP contribution in [0.25, 0.3) is 0 Å². The van der Waals surface area contributed by atoms with E-state index in [1.54, 1.807) is 0 Å². The molecule has 0 bridgehead atoms. The molecule has 2 nitrogen and oxygen atoms in total. The lowest BCUT2D eigenvalue weighted by Crippen LogP contribution is -2.43. The fourth-order valence-electron chi connectivity index (χ4n) is 3.28. The molecule has 1 saturated carbocycles. The van der Waals surface area contributed by atoms with Crippen LogP contribution < -0.4 is 5.73 Å². The molecular weight excluding hydrogens is 219 g/mol. The molecule has 5 atom stereocenters. The molecule has 0 aromatic carbocycles. The Hall–Kier alpha value is -0.290. The van der Waals surface area contributed by atoms with Crippen LogP contribution in [0.15, 0.2) is 0 Å². The van der Waals surface area contributed by atoms with Crippen molar-refractivity contribution in [2.75, 3.05) is 13.2 Å². The summed E-state index contributed by atoms with van der Waals surface area (Å²) in [4.78, 5) is 0. The maximum absolute atomic E-state index is 12.7. The number of ether oxygens (including phenoxy) is 1. The van der Waals surface area contributed by atoms with E-state index in [1.165, 1.54) is 0 Å². The van der Waals surface area contributed by atoms with E-state index in [9.17, 15) is 13.2 Å². The van der Waals surface area contributed by atoms with Crippen molar-refractivity contribution in [1.82, 2.24) is 0 Å². The standard InChI is InChI=1S/C11H18F3NO/c1-6-5-16-9-3-8(11(12,13)14)2-7(4-15)10(6)9/h6-10H,2-5,15H2,1H3/t6-,7+,8+,9+,10-/m1/s1. The molecule has 0 aromatic rings. The summed E-state index contributed by atoms with van der Waals surface area (Å²) < 4.78 is 43.6. The quantitative estimate of drug-likeness (QED) is 0.758. The Labute approximate surface area is 93.3 Å². The lowest BCUT2D eigenvalue weighted by molar-refractivity contribution is -0.198. The van der Waals surface area contributed by atoms with Gasteiger partial charge in [-0.2, -0.15) is 13.2 Å². The van der Waals surface area contributed by atoms with Crippen molar-refractivity contribution in [2.45, 2.75) is 32.0 Å². The average molecular weight is 237 g/mol. The third kappa shape index (κ3) is 2.07. The zero-order valence-electron chi connectivity index (χ0n) is 9.33. The summed E-state index contributed by atoms with van der Waals surface area (Å²) in [6, 6.07) is 0. The van der Waals surface area contributed by atoms with E-state index >= 15 is 0 Å². The maximum Gasteiger partial charge on any atom is 0.391 e. The summed E-state index contributed by atoms with van der Waals surface area (Å²) in [5.41, 5.74) is 5.60. The first-order valence-electron chi connectivity index (χ1n) is 5.82. The fourth-order valence-corrected chi connectivity index (χ4v) is 3.28. The number of fused-ring (bicyclic) bond motifs is 1. The van der Waals surface area contributed by atoms with Crippen molar-refractivity contribution >= 4 is 0 Å². The van der Waals surface area contributed by atoms with Crippen LogP contribution in [0.5, 0.6) is 0 Å². The molecule has 0 spiro atoms. The Morgan fingerprint density at radius 3 is 2.56 bits per heavy atom. The first-order chi connectivity index (χ1) is 7.43. The lowest BCUT2D eigenvalue weighted by atomic mass is 9.69. The van der Waals surface area contributed by atoms with Crippen molar-refractivity contribution in [3.05, 3.63) is 0 Å². The average Bonchev–Trinajstić information content (AvgIpc) is 2.58. The topological polar surface area (TPSA) is 35.2 Å². The second-order valence-corrected chi connectivity index (χ2v) is 5.13. The summed E-state index contributed by atoms with van der Waals surface area (Å²) in [5.74, 6) is -0.702. The highest BCUT2D eigenvalue weighted by Crippen LogP contribution is 2.48. The summed E-state index contributed by atoms with van der Waals surface area (Å²) in [6.45, 7) is 2.96. The number of rotatable bonds is 1. The van der Waals surface area contributed by atoms with Gasteiger partial charge in [-0.1, -0.05) is 6.92 Å². The molecule has 0 aromatic heterocycles. The van der Waals surface area contributed by atoms with Crippen LogP contribution in [0.2, 0.25) is 0 Å². The Balaban J connectivity index is 2.12. The molecule has 1 heterocycles. The molecule has 0 amide bonds. The molecule has 2 fully saturated rings. The van der Waals surface area contributed by atoms with Crippen LogP contribution in [-0.4, -0.2) is 25.4 Å². The second-order valence-electron chi connectivity index (χ2n) is 5.13. The van der Waals surface area contributed by atoms with E-state index in [0.717, 1.165) is 0 Å². The third-order valence-electron chi connectivity index (χ3n) is 4.07. The Morgan fingerprint density at radius 1 is 1.31 bits per heavy atom. The van der Waals surface area contributed by atoms with Gasteiger partial charge in [0.2, 0.25) is 0 Å². The van der Waals surface area contributed by atoms with Crippen LogP contribution in [0.3, 0.4) is 0 Å². The number of alkyl halides is 3. The van der Waals surface area contributed by atoms with Gasteiger partial charge in [-0.3, -0.25) is 0 Å². The zero-order chi connectivity index (χ0) is 11.9. The molecular formula is C11H18F3NO. The number of halogens is 3. The lowest BCUT2D eigenvalue weighted by Gasteiger charge is -2.39. The Bertz CT molecular complexity index is 256. The van der Waals surface area contributed by atoms with E-state index in [2.05, 4.69) is 0 Å². The van der Waals surface area contributed by atoms with E-state index < -0.39 is 12.1 Å². The molecule has 2 rings (SSSR count). The molecule has 2 N–H and O–H groups in total. The van der Waals surface area contributed by atoms with Crippen LogP contribution in [0.1, 0.15) is 19.8 Å². The molecule has 1 aliphatic carbocycles. The third-order valence-corrected chi connectivity index (χ3v) is 4.07. The van der Waals surface area contributed by atoms with Crippen molar-refractivity contribution in [3.63, 3.8) is 0 Å². The summed E-state index contributed by atoms with van der Waals surface area (Å²) in [7, 11) is 0. The highest BCUT2D eigenvalue weighted by molar-refractivity contribution is 4.95. The van der Waals surface area contributed by atoms with E-state index in [4.69, 9.17) is 10.5 Å². The molecule has 16 heavy (non-hydrogen) atoms. The van der Waals surface area contributed by atoms with Crippen molar-refractivity contribution < 1.29 is 17.9 Å². The van der Waals surface area contributed by atoms with Gasteiger partial charge < -0.3 is 10.5 Å². The first-order valence-corrected chi connectivity index (χ1v) is 5.82. The largest absolute Gasteiger partial charge is 0.391 e. The smallest absolute Gasteiger partial charge is 0.378 e. The summed E-state index contributed by atoms with van der Waals surface area (Å²) >= 11 is 0. The van der Waals surface area contributed by atoms with Gasteiger partial charge in [0.1, 0.15) is 0 Å². The van der Waals surface area contributed by atoms with Gasteiger partial charge in [-0.25, -0.2) is 0 Å². The number of hydrogen-bond donors (Lipinski definition) is 1. The normalized spacial score (nSPS) is 44.4. The Kier molecular flexibility index (Phi) is 3.18. The van der Waals surface area contributed by atoms with Crippen molar-refractivity contribution in [1.29, 1.82) is 0 Å². The molecule has 0 radical (unpaired) electrons. The fraction of sp³-hybridized carbons (Fsp3) is 1.00. The van der Waals surface area contributed by atoms with E-state index in [1.807, 2.05) is 6.92 Å². The first kappa shape index (κ1) is 12.2. The number of nitrogens with two attached hydrogens (primary N) is 1. The monoisotopic (exact) mass is 237 g/mol. The van der Waals surface area contributed by atoms with Crippen molar-refractivity contribution in [2.24, 2.45) is 29.4 Å². The second kappa shape index (κ2) is 4.18. The van der Waals surface area contributed by atoms with E-state index in [-0.39, 0.29) is 30.8 Å². The van der Waals surface area contributed by atoms with Gasteiger partial charge in [-0.05, 0) is 37.1 Å². The highest BCUT2D eigenvalue weighted by Gasteiger charge is 2.51. The minimum Gasteiger partial charge on any atom is -0.378 e. The predicted molar refractivity (Wildman–Crippen MR) is 53.7 cm³/mol. The van der Waals surface area contributed by atoms with Gasteiger partial charge in [0.15, 0.2) is 0 Å². The summed E-state index contributed by atoms with van der Waals surface area (Å²) in [5, 5.41) is 0. The van der Waals surface area contributed by atoms with Gasteiger partial charge in [0.05, 0.1) is 12.0 Å². The van der Waals surface area contributed by atoms with Crippen molar-refractivity contribution in [3.8, 4) is 0 Å². The highest BCUT2D eigenvalue weighted by atomic mass is 19.4. The molecule has 5 heteroatoms. The van der Waals surface area contributed by atoms with Gasteiger partial charge >= 0.3 is 6.18 Å². The minimum absolute atomic E-state index is 0.0390. The van der Waals surface area contributed by atoms with E-state index in [0.29, 0.717) is 19.1 Å². The molecule has 1 saturated heterocycles. The minimum atomic E-state index is -4.10. The molecule has 2 aliphatic rings. The van der Waals surface area contributed by atoms with Crippen LogP contribution >= 0.6 is 0 Å². The zero-order valence-corrected chi connectivity index (χ0v) is 9.33. The predicted octanol–water partition coefficient (Wildman–Crippen LogP) is 2.18. The molecule has 1 aliphatic heterocycles. The summed E-state index contributed by atoms with van der Waals surface area (Å²) in [6.07, 6.45) is -4.04. The van der Waals surface area contributed by atoms with Crippen LogP contribution in [0.4, 0.5) is 13.2 Å². The Morgan fingerprint density at radius 2 is 2.00 bits per heavy atom. The van der Waals surface area contributed by atoms with Crippen LogP contribution in [0, 0.1) is 23.7 Å². The molecule has 0 unspecified atom stereocenters. The van der Waals surface area contributed by atoms with Gasteiger partial charge in [0.25, 0.3) is 0 Å². The molecule has 94 valence electrons. The van der Waals surface area contributed by atoms with Crippen LogP contribution in [-0.2, 0) is 4.74 Å². The van der Waals surface area contributed by atoms with Gasteiger partial charge in [-0.15, -0.1) is 0 Å². The number of hydrogen-bond acceptors (Lipinski definition) is 2.